The molecular weight excluding hydrogens is 226 g/mol. The highest BCUT2D eigenvalue weighted by molar-refractivity contribution is 6.35. The quantitative estimate of drug-likeness (QED) is 0.538. The van der Waals surface area contributed by atoms with Crippen LogP contribution in [0.25, 0.3) is 0 Å². The van der Waals surface area contributed by atoms with Crippen LogP contribution in [-0.4, -0.2) is 72.0 Å². The van der Waals surface area contributed by atoms with Gasteiger partial charge < -0.3 is 20.2 Å². The Hall–Kier alpha value is -1.63. The van der Waals surface area contributed by atoms with Gasteiger partial charge in [-0.05, 0) is 0 Å². The number of nitrogens with zero attached hydrogens (tertiary/aromatic N) is 2. The van der Waals surface area contributed by atoms with E-state index in [9.17, 15) is 14.4 Å². The van der Waals surface area contributed by atoms with Crippen LogP contribution >= 0.6 is 0 Å². The summed E-state index contributed by atoms with van der Waals surface area (Å²) in [5.41, 5.74) is 0. The Morgan fingerprint density at radius 2 is 1.65 bits per heavy atom. The number of carbonyl (C=O) groups excluding carboxylic acids is 3. The molecule has 2 N–H and O–H groups in total. The van der Waals surface area contributed by atoms with Gasteiger partial charge in [-0.1, -0.05) is 0 Å². The molecular formula is C10H17N3O4. The maximum absolute atomic E-state index is 11.6. The van der Waals surface area contributed by atoms with Gasteiger partial charge in [0.1, 0.15) is 0 Å². The van der Waals surface area contributed by atoms with Gasteiger partial charge in [-0.25, -0.2) is 0 Å². The van der Waals surface area contributed by atoms with Crippen molar-refractivity contribution >= 4 is 17.7 Å². The highest BCUT2D eigenvalue weighted by Crippen LogP contribution is 2.02. The molecule has 7 nitrogen and oxygen atoms in total. The van der Waals surface area contributed by atoms with E-state index in [0.29, 0.717) is 26.2 Å². The molecule has 0 bridgehead atoms. The number of piperazine rings is 1. The molecule has 0 atom stereocenters. The molecule has 17 heavy (non-hydrogen) atoms. The predicted octanol–water partition coefficient (Wildman–Crippen LogP) is -2.21. The summed E-state index contributed by atoms with van der Waals surface area (Å²) >= 11 is 0. The maximum atomic E-state index is 11.6. The number of rotatable bonds is 2. The molecule has 0 saturated carbocycles. The Morgan fingerprint density at radius 1 is 1.12 bits per heavy atom. The molecule has 1 saturated heterocycles. The Kier molecular flexibility index (Phi) is 4.89. The van der Waals surface area contributed by atoms with Crippen molar-refractivity contribution in [1.82, 2.24) is 15.1 Å². The Morgan fingerprint density at radius 3 is 2.12 bits per heavy atom. The molecule has 0 aromatic heterocycles. The van der Waals surface area contributed by atoms with Gasteiger partial charge in [-0.3, -0.25) is 14.4 Å². The van der Waals surface area contributed by atoms with E-state index in [0.717, 1.165) is 0 Å². The maximum Gasteiger partial charge on any atom is 0.312 e. The number of hydrogen-bond donors (Lipinski definition) is 2. The van der Waals surface area contributed by atoms with Gasteiger partial charge in [0.25, 0.3) is 0 Å². The van der Waals surface area contributed by atoms with Gasteiger partial charge in [0.15, 0.2) is 0 Å². The summed E-state index contributed by atoms with van der Waals surface area (Å²) in [6, 6.07) is 0. The lowest BCUT2D eigenvalue weighted by Gasteiger charge is -2.33. The molecule has 0 aliphatic carbocycles. The van der Waals surface area contributed by atoms with Gasteiger partial charge in [0, 0.05) is 39.6 Å². The van der Waals surface area contributed by atoms with Crippen LogP contribution < -0.4 is 5.32 Å². The second-order valence-corrected chi connectivity index (χ2v) is 3.78. The third-order valence-electron chi connectivity index (χ3n) is 2.60. The number of carbonyl (C=O) groups is 3. The van der Waals surface area contributed by atoms with Gasteiger partial charge in [-0.15, -0.1) is 0 Å². The largest absolute Gasteiger partial charge is 0.395 e. The van der Waals surface area contributed by atoms with Crippen LogP contribution in [-0.2, 0) is 14.4 Å². The predicted molar refractivity (Wildman–Crippen MR) is 58.9 cm³/mol. The third kappa shape index (κ3) is 3.70. The fourth-order valence-electron chi connectivity index (χ4n) is 1.61. The van der Waals surface area contributed by atoms with Gasteiger partial charge in [0.2, 0.25) is 5.91 Å². The Balaban J connectivity index is 2.40. The summed E-state index contributed by atoms with van der Waals surface area (Å²) in [7, 11) is 0. The van der Waals surface area contributed by atoms with E-state index in [1.807, 2.05) is 0 Å². The van der Waals surface area contributed by atoms with Crippen molar-refractivity contribution in [3.05, 3.63) is 0 Å². The molecule has 1 fully saturated rings. The van der Waals surface area contributed by atoms with Crippen LogP contribution in [0.5, 0.6) is 0 Å². The van der Waals surface area contributed by atoms with Gasteiger partial charge in [-0.2, -0.15) is 0 Å². The molecule has 1 aliphatic rings. The van der Waals surface area contributed by atoms with Crippen molar-refractivity contribution in [2.75, 3.05) is 39.3 Å². The normalized spacial score (nSPS) is 15.6. The lowest BCUT2D eigenvalue weighted by atomic mass is 10.3. The highest BCUT2D eigenvalue weighted by Gasteiger charge is 2.26. The minimum atomic E-state index is -0.713. The average Bonchev–Trinajstić information content (AvgIpc) is 2.35. The zero-order valence-corrected chi connectivity index (χ0v) is 9.81. The first-order chi connectivity index (χ1) is 8.06. The first kappa shape index (κ1) is 13.4. The molecule has 0 unspecified atom stereocenters. The number of aliphatic hydroxyl groups is 1. The van der Waals surface area contributed by atoms with Crippen molar-refractivity contribution in [3.63, 3.8) is 0 Å². The second-order valence-electron chi connectivity index (χ2n) is 3.78. The molecule has 0 aromatic rings. The number of amides is 3. The van der Waals surface area contributed by atoms with Gasteiger partial charge in [0.05, 0.1) is 6.61 Å². The molecule has 0 spiro atoms. The van der Waals surface area contributed by atoms with Crippen LogP contribution in [0.3, 0.4) is 0 Å². The van der Waals surface area contributed by atoms with Gasteiger partial charge >= 0.3 is 11.8 Å². The zero-order valence-electron chi connectivity index (χ0n) is 9.81. The van der Waals surface area contributed by atoms with E-state index in [1.165, 1.54) is 11.8 Å². The van der Waals surface area contributed by atoms with E-state index < -0.39 is 11.8 Å². The molecule has 0 radical (unpaired) electrons. The zero-order chi connectivity index (χ0) is 12.8. The van der Waals surface area contributed by atoms with Crippen molar-refractivity contribution in [2.45, 2.75) is 6.92 Å². The van der Waals surface area contributed by atoms with E-state index in [-0.39, 0.29) is 19.1 Å². The fraction of sp³-hybridized carbons (Fsp3) is 0.700. The fourth-order valence-corrected chi connectivity index (χ4v) is 1.61. The summed E-state index contributed by atoms with van der Waals surface area (Å²) in [6.45, 7) is 2.99. The first-order valence-electron chi connectivity index (χ1n) is 5.49. The topological polar surface area (TPSA) is 90.0 Å². The minimum absolute atomic E-state index is 0.0261. The first-order valence-corrected chi connectivity index (χ1v) is 5.49. The lowest BCUT2D eigenvalue weighted by molar-refractivity contribution is -0.148. The summed E-state index contributed by atoms with van der Waals surface area (Å²) in [6.07, 6.45) is 0. The van der Waals surface area contributed by atoms with E-state index in [2.05, 4.69) is 5.32 Å². The van der Waals surface area contributed by atoms with Crippen molar-refractivity contribution in [2.24, 2.45) is 0 Å². The summed E-state index contributed by atoms with van der Waals surface area (Å²) in [5.74, 6) is -1.35. The summed E-state index contributed by atoms with van der Waals surface area (Å²) in [4.78, 5) is 37.0. The number of nitrogens with one attached hydrogen (secondary N) is 1. The minimum Gasteiger partial charge on any atom is -0.395 e. The van der Waals surface area contributed by atoms with Crippen LogP contribution in [0.2, 0.25) is 0 Å². The van der Waals surface area contributed by atoms with Crippen molar-refractivity contribution in [3.8, 4) is 0 Å². The monoisotopic (exact) mass is 243 g/mol. The molecule has 7 heteroatoms. The number of hydrogen-bond acceptors (Lipinski definition) is 4. The average molecular weight is 243 g/mol. The summed E-state index contributed by atoms with van der Waals surface area (Å²) < 4.78 is 0. The molecule has 1 rings (SSSR count). The SMILES string of the molecule is CC(=O)N1CCN(C(=O)C(=O)NCCO)CC1. The van der Waals surface area contributed by atoms with Crippen LogP contribution in [0.1, 0.15) is 6.92 Å². The molecule has 3 amide bonds. The number of aliphatic hydroxyl groups excluding tert-OH is 1. The van der Waals surface area contributed by atoms with Crippen LogP contribution in [0.4, 0.5) is 0 Å². The van der Waals surface area contributed by atoms with Crippen molar-refractivity contribution in [1.29, 1.82) is 0 Å². The standard InChI is InChI=1S/C10H17N3O4/c1-8(15)12-3-5-13(6-4-12)10(17)9(16)11-2-7-14/h14H,2-7H2,1H3,(H,11,16). The Bertz CT molecular complexity index is 311. The summed E-state index contributed by atoms with van der Waals surface area (Å²) in [5, 5.41) is 10.8. The molecule has 1 aliphatic heterocycles. The van der Waals surface area contributed by atoms with Crippen molar-refractivity contribution < 1.29 is 19.5 Å². The molecule has 96 valence electrons. The third-order valence-corrected chi connectivity index (χ3v) is 2.60. The lowest BCUT2D eigenvalue weighted by Crippen LogP contribution is -2.53. The molecule has 1 heterocycles. The Labute approximate surface area is 99.4 Å². The van der Waals surface area contributed by atoms with Crippen LogP contribution in [0, 0.1) is 0 Å². The van der Waals surface area contributed by atoms with E-state index >= 15 is 0 Å². The van der Waals surface area contributed by atoms with E-state index in [1.54, 1.807) is 4.90 Å². The second kappa shape index (κ2) is 6.19. The van der Waals surface area contributed by atoms with E-state index in [4.69, 9.17) is 5.11 Å². The van der Waals surface area contributed by atoms with Crippen LogP contribution in [0.15, 0.2) is 0 Å². The smallest absolute Gasteiger partial charge is 0.312 e. The highest BCUT2D eigenvalue weighted by atomic mass is 16.3. The molecule has 0 aromatic carbocycles.